The number of halogens is 2. The summed E-state index contributed by atoms with van der Waals surface area (Å²) in [5, 5.41) is 11.1. The summed E-state index contributed by atoms with van der Waals surface area (Å²) in [6.45, 7) is 2.11. The van der Waals surface area contributed by atoms with Crippen molar-refractivity contribution in [2.24, 2.45) is 23.7 Å². The summed E-state index contributed by atoms with van der Waals surface area (Å²) in [6, 6.07) is 28.1. The number of rotatable bonds is 6. The van der Waals surface area contributed by atoms with E-state index in [1.165, 1.54) is 9.80 Å². The number of hydrogen-bond donors (Lipinski definition) is 1. The monoisotopic (exact) mass is 750 g/mol. The number of nitrogens with zero attached hydrogens (tertiary/aromatic N) is 2. The standard InChI is InChI=1S/C40H32BrClN2O6/c1-2-50-33-19-22(11-18-32(33)45)35-28-16-17-29-34(38(48)43(36(29)46)26-14-12-24(41)13-15-26)30(28)21-31-37(47)44(27-10-6-9-25(42)20-27)39(49)40(31,35)23-7-4-3-5-8-23/h3-16,18-20,29-31,34-35,45H,2,17,21H2,1H3. The van der Waals surface area contributed by atoms with Gasteiger partial charge in [-0.05, 0) is 91.4 Å². The molecule has 8 rings (SSSR count). The number of carbonyl (C=O) groups excluding carboxylic acids is 4. The Kier molecular flexibility index (Phi) is 7.95. The van der Waals surface area contributed by atoms with Gasteiger partial charge in [0.25, 0.3) is 0 Å². The summed E-state index contributed by atoms with van der Waals surface area (Å²) >= 11 is 9.83. The third-order valence-corrected chi connectivity index (χ3v) is 11.6. The maximum atomic E-state index is 15.3. The number of imide groups is 2. The first-order valence-electron chi connectivity index (χ1n) is 16.6. The summed E-state index contributed by atoms with van der Waals surface area (Å²) < 4.78 is 6.64. The highest BCUT2D eigenvalue weighted by atomic mass is 79.9. The smallest absolute Gasteiger partial charge is 0.246 e. The van der Waals surface area contributed by atoms with Crippen LogP contribution in [-0.4, -0.2) is 35.3 Å². The molecule has 6 unspecified atom stereocenters. The minimum atomic E-state index is -1.42. The Morgan fingerprint density at radius 1 is 0.840 bits per heavy atom. The van der Waals surface area contributed by atoms with E-state index in [4.69, 9.17) is 16.3 Å². The van der Waals surface area contributed by atoms with Gasteiger partial charge in [0.1, 0.15) is 0 Å². The highest BCUT2D eigenvalue weighted by Crippen LogP contribution is 2.65. The summed E-state index contributed by atoms with van der Waals surface area (Å²) in [5.74, 6) is -4.66. The van der Waals surface area contributed by atoms with Gasteiger partial charge in [-0.2, -0.15) is 0 Å². The van der Waals surface area contributed by atoms with Crippen LogP contribution in [0.3, 0.4) is 0 Å². The lowest BCUT2D eigenvalue weighted by molar-refractivity contribution is -0.127. The highest BCUT2D eigenvalue weighted by molar-refractivity contribution is 9.10. The molecule has 2 aliphatic heterocycles. The zero-order valence-corrected chi connectivity index (χ0v) is 29.3. The van der Waals surface area contributed by atoms with Crippen LogP contribution >= 0.6 is 27.5 Å². The number of phenolic OH excluding ortho intramolecular Hbond substituents is 1. The third-order valence-electron chi connectivity index (χ3n) is 10.9. The Morgan fingerprint density at radius 3 is 2.32 bits per heavy atom. The molecule has 50 heavy (non-hydrogen) atoms. The molecule has 252 valence electrons. The highest BCUT2D eigenvalue weighted by Gasteiger charge is 2.70. The largest absolute Gasteiger partial charge is 0.504 e. The summed E-state index contributed by atoms with van der Waals surface area (Å²) in [7, 11) is 0. The van der Waals surface area contributed by atoms with E-state index in [0.29, 0.717) is 40.6 Å². The van der Waals surface area contributed by atoms with E-state index in [9.17, 15) is 19.5 Å². The molecule has 2 saturated heterocycles. The lowest BCUT2D eigenvalue weighted by Crippen LogP contribution is -2.53. The number of hydrogen-bond acceptors (Lipinski definition) is 6. The molecule has 4 aromatic carbocycles. The van der Waals surface area contributed by atoms with Crippen LogP contribution in [0.2, 0.25) is 5.02 Å². The zero-order valence-electron chi connectivity index (χ0n) is 27.0. The first-order chi connectivity index (χ1) is 24.2. The molecule has 6 atom stereocenters. The van der Waals surface area contributed by atoms with Gasteiger partial charge in [-0.15, -0.1) is 0 Å². The molecule has 0 spiro atoms. The molecule has 4 amide bonds. The van der Waals surface area contributed by atoms with Crippen LogP contribution in [0.4, 0.5) is 11.4 Å². The Labute approximate surface area is 302 Å². The first kappa shape index (κ1) is 32.5. The van der Waals surface area contributed by atoms with Crippen LogP contribution in [-0.2, 0) is 24.6 Å². The van der Waals surface area contributed by atoms with E-state index >= 15 is 4.79 Å². The first-order valence-corrected chi connectivity index (χ1v) is 17.8. The van der Waals surface area contributed by atoms with E-state index in [-0.39, 0.29) is 29.7 Å². The molecule has 4 aromatic rings. The van der Waals surface area contributed by atoms with Crippen LogP contribution in [0.15, 0.2) is 113 Å². The molecule has 0 aromatic heterocycles. The van der Waals surface area contributed by atoms with E-state index in [0.717, 1.165) is 10.0 Å². The van der Waals surface area contributed by atoms with Crippen molar-refractivity contribution in [2.75, 3.05) is 16.4 Å². The summed E-state index contributed by atoms with van der Waals surface area (Å²) in [6.07, 6.45) is 2.50. The van der Waals surface area contributed by atoms with Gasteiger partial charge in [0, 0.05) is 15.4 Å². The molecular formula is C40H32BrClN2O6. The quantitative estimate of drug-likeness (QED) is 0.161. The lowest BCUT2D eigenvalue weighted by Gasteiger charge is -2.50. The van der Waals surface area contributed by atoms with Crippen LogP contribution < -0.4 is 14.5 Å². The third kappa shape index (κ3) is 4.70. The van der Waals surface area contributed by atoms with Gasteiger partial charge in [-0.25, -0.2) is 4.90 Å². The topological polar surface area (TPSA) is 104 Å². The van der Waals surface area contributed by atoms with Crippen molar-refractivity contribution in [1.82, 2.24) is 0 Å². The van der Waals surface area contributed by atoms with Crippen molar-refractivity contribution in [3.63, 3.8) is 0 Å². The fourth-order valence-corrected chi connectivity index (χ4v) is 9.39. The number of aromatic hydroxyl groups is 1. The molecule has 2 heterocycles. The molecule has 1 saturated carbocycles. The van der Waals surface area contributed by atoms with Crippen molar-refractivity contribution in [2.45, 2.75) is 31.1 Å². The molecule has 2 aliphatic carbocycles. The van der Waals surface area contributed by atoms with Crippen molar-refractivity contribution in [1.29, 1.82) is 0 Å². The Morgan fingerprint density at radius 2 is 1.60 bits per heavy atom. The van der Waals surface area contributed by atoms with E-state index in [1.807, 2.05) is 43.3 Å². The predicted molar refractivity (Wildman–Crippen MR) is 192 cm³/mol. The summed E-state index contributed by atoms with van der Waals surface area (Å²) in [5.41, 5.74) is 1.57. The Hall–Kier alpha value is -4.73. The van der Waals surface area contributed by atoms with Crippen LogP contribution in [0.5, 0.6) is 11.5 Å². The van der Waals surface area contributed by atoms with Gasteiger partial charge in [-0.1, -0.05) is 81.6 Å². The van der Waals surface area contributed by atoms with Gasteiger partial charge in [0.2, 0.25) is 23.6 Å². The van der Waals surface area contributed by atoms with Gasteiger partial charge in [0.05, 0.1) is 41.2 Å². The average molecular weight is 752 g/mol. The normalized spacial score (nSPS) is 27.2. The molecule has 4 aliphatic rings. The van der Waals surface area contributed by atoms with Gasteiger partial charge >= 0.3 is 0 Å². The van der Waals surface area contributed by atoms with Gasteiger partial charge in [-0.3, -0.25) is 24.1 Å². The van der Waals surface area contributed by atoms with Gasteiger partial charge < -0.3 is 9.84 Å². The molecule has 0 radical (unpaired) electrons. The molecule has 0 bridgehead atoms. The number of carbonyl (C=O) groups is 4. The lowest BCUT2D eigenvalue weighted by atomic mass is 9.49. The second kappa shape index (κ2) is 12.2. The van der Waals surface area contributed by atoms with Crippen LogP contribution in [0.1, 0.15) is 36.8 Å². The number of amides is 4. The van der Waals surface area contributed by atoms with Crippen molar-refractivity contribution >= 4 is 62.5 Å². The Balaban J connectivity index is 1.36. The molecule has 10 heteroatoms. The second-order valence-corrected chi connectivity index (χ2v) is 14.6. The maximum absolute atomic E-state index is 15.3. The minimum absolute atomic E-state index is 0.0537. The number of allylic oxidation sites excluding steroid dienone is 2. The maximum Gasteiger partial charge on any atom is 0.246 e. The van der Waals surface area contributed by atoms with E-state index < -0.39 is 46.8 Å². The fourth-order valence-electron chi connectivity index (χ4n) is 8.94. The molecular weight excluding hydrogens is 720 g/mol. The fraction of sp³-hybridized carbons (Fsp3) is 0.250. The predicted octanol–water partition coefficient (Wildman–Crippen LogP) is 7.57. The van der Waals surface area contributed by atoms with Crippen molar-refractivity contribution < 1.29 is 29.0 Å². The zero-order chi connectivity index (χ0) is 34.9. The van der Waals surface area contributed by atoms with Crippen molar-refractivity contribution in [3.05, 3.63) is 129 Å². The molecule has 1 N–H and O–H groups in total. The van der Waals surface area contributed by atoms with Gasteiger partial charge in [0.15, 0.2) is 11.5 Å². The summed E-state index contributed by atoms with van der Waals surface area (Å²) in [4.78, 5) is 61.2. The number of phenols is 1. The number of fused-ring (bicyclic) bond motifs is 4. The van der Waals surface area contributed by atoms with Crippen LogP contribution in [0, 0.1) is 23.7 Å². The minimum Gasteiger partial charge on any atom is -0.504 e. The molecule has 3 fully saturated rings. The average Bonchev–Trinajstić information content (AvgIpc) is 3.51. The van der Waals surface area contributed by atoms with Crippen LogP contribution in [0.25, 0.3) is 0 Å². The number of ether oxygens (including phenoxy) is 1. The number of benzene rings is 4. The SMILES string of the molecule is CCOc1cc(C2C3=CCC4C(=O)N(c5ccc(Br)cc5)C(=O)C4C3CC3C(=O)N(c4cccc(Cl)c4)C(=O)C32c2ccccc2)ccc1O. The van der Waals surface area contributed by atoms with E-state index in [1.54, 1.807) is 66.7 Å². The molecule has 8 nitrogen and oxygen atoms in total. The number of anilines is 2. The Bertz CT molecular complexity index is 2100. The van der Waals surface area contributed by atoms with Crippen molar-refractivity contribution in [3.8, 4) is 11.5 Å². The second-order valence-electron chi connectivity index (χ2n) is 13.2. The van der Waals surface area contributed by atoms with E-state index in [2.05, 4.69) is 15.9 Å².